The molecule has 0 radical (unpaired) electrons. The Labute approximate surface area is 114 Å². The van der Waals surface area contributed by atoms with E-state index < -0.39 is 0 Å². The van der Waals surface area contributed by atoms with Crippen LogP contribution in [0.1, 0.15) is 12.5 Å². The second-order valence-electron chi connectivity index (χ2n) is 4.78. The summed E-state index contributed by atoms with van der Waals surface area (Å²) in [6, 6.07) is 7.56. The van der Waals surface area contributed by atoms with Crippen LogP contribution >= 0.6 is 0 Å². The lowest BCUT2D eigenvalue weighted by Gasteiger charge is -2.11. The fraction of sp³-hybridized carbons (Fsp3) is 0.133. The zero-order valence-electron chi connectivity index (χ0n) is 10.7. The van der Waals surface area contributed by atoms with Gasteiger partial charge in [-0.05, 0) is 18.6 Å². The molecule has 1 atom stereocenters. The minimum absolute atomic E-state index is 0.0221. The highest BCUT2D eigenvalue weighted by Crippen LogP contribution is 2.17. The number of fused-ring (bicyclic) bond motifs is 3. The van der Waals surface area contributed by atoms with E-state index in [0.29, 0.717) is 5.65 Å². The molecule has 5 heteroatoms. The first-order valence-corrected chi connectivity index (χ1v) is 6.53. The summed E-state index contributed by atoms with van der Waals surface area (Å²) in [6.45, 7) is 0. The van der Waals surface area contributed by atoms with E-state index in [1.165, 1.54) is 4.68 Å². The highest BCUT2D eigenvalue weighted by atomic mass is 16.2. The first-order valence-electron chi connectivity index (χ1n) is 6.53. The molecule has 0 aliphatic heterocycles. The molecular weight excluding hydrogens is 252 g/mol. The summed E-state index contributed by atoms with van der Waals surface area (Å²) in [7, 11) is 0. The van der Waals surface area contributed by atoms with Gasteiger partial charge in [-0.25, -0.2) is 13.9 Å². The van der Waals surface area contributed by atoms with Gasteiger partial charge < -0.3 is 0 Å². The third kappa shape index (κ3) is 1.53. The Morgan fingerprint density at radius 1 is 1.20 bits per heavy atom. The van der Waals surface area contributed by atoms with Crippen molar-refractivity contribution in [2.75, 3.05) is 0 Å². The second kappa shape index (κ2) is 4.16. The molecule has 4 rings (SSSR count). The van der Waals surface area contributed by atoms with Crippen molar-refractivity contribution in [3.63, 3.8) is 0 Å². The predicted molar refractivity (Wildman–Crippen MR) is 76.7 cm³/mol. The van der Waals surface area contributed by atoms with Gasteiger partial charge >= 0.3 is 5.69 Å². The maximum Gasteiger partial charge on any atom is 0.351 e. The molecule has 2 heterocycles. The van der Waals surface area contributed by atoms with Gasteiger partial charge in [-0.1, -0.05) is 36.4 Å². The van der Waals surface area contributed by atoms with E-state index in [2.05, 4.69) is 10.1 Å². The van der Waals surface area contributed by atoms with Gasteiger partial charge in [-0.3, -0.25) is 4.98 Å². The summed E-state index contributed by atoms with van der Waals surface area (Å²) < 4.78 is 3.15. The van der Waals surface area contributed by atoms with E-state index in [1.807, 2.05) is 48.6 Å². The molecule has 1 aliphatic carbocycles. The van der Waals surface area contributed by atoms with Gasteiger partial charge in [0.2, 0.25) is 0 Å². The Morgan fingerprint density at radius 3 is 2.95 bits per heavy atom. The standard InChI is InChI=1S/C15H12N4O/c20-15-18-13-9-5-4-8-12(13)16-10-14(18)17-19(15)11-6-2-1-3-7-11/h1-6,8-11H,7H2. The molecule has 1 aliphatic rings. The van der Waals surface area contributed by atoms with E-state index in [1.54, 1.807) is 10.6 Å². The summed E-state index contributed by atoms with van der Waals surface area (Å²) in [6.07, 6.45) is 10.4. The monoisotopic (exact) mass is 264 g/mol. The number of hydrogen-bond donors (Lipinski definition) is 0. The summed E-state index contributed by atoms with van der Waals surface area (Å²) in [5.41, 5.74) is 2.04. The highest BCUT2D eigenvalue weighted by molar-refractivity contribution is 5.76. The Kier molecular flexibility index (Phi) is 2.32. The van der Waals surface area contributed by atoms with Gasteiger partial charge in [0.15, 0.2) is 5.65 Å². The smallest absolute Gasteiger partial charge is 0.251 e. The molecular formula is C15H12N4O. The number of hydrogen-bond acceptors (Lipinski definition) is 3. The minimum atomic E-state index is -0.122. The first-order chi connectivity index (χ1) is 9.84. The molecule has 0 fully saturated rings. The lowest BCUT2D eigenvalue weighted by atomic mass is 10.1. The molecule has 1 unspecified atom stereocenters. The molecule has 0 saturated carbocycles. The van der Waals surface area contributed by atoms with E-state index >= 15 is 0 Å². The average Bonchev–Trinajstić information content (AvgIpc) is 2.86. The lowest BCUT2D eigenvalue weighted by Crippen LogP contribution is -2.25. The van der Waals surface area contributed by atoms with Crippen LogP contribution in [0.2, 0.25) is 0 Å². The van der Waals surface area contributed by atoms with Crippen LogP contribution in [0, 0.1) is 0 Å². The summed E-state index contributed by atoms with van der Waals surface area (Å²) in [5.74, 6) is 0. The molecule has 0 spiro atoms. The molecule has 2 aromatic heterocycles. The van der Waals surface area contributed by atoms with Gasteiger partial charge in [-0.15, -0.1) is 5.10 Å². The molecule has 0 bridgehead atoms. The summed E-state index contributed by atoms with van der Waals surface area (Å²) in [4.78, 5) is 17.0. The summed E-state index contributed by atoms with van der Waals surface area (Å²) >= 11 is 0. The predicted octanol–water partition coefficient (Wildman–Crippen LogP) is 2.10. The fourth-order valence-corrected chi connectivity index (χ4v) is 2.56. The Morgan fingerprint density at radius 2 is 2.10 bits per heavy atom. The maximum absolute atomic E-state index is 12.6. The molecule has 0 saturated heterocycles. The molecule has 98 valence electrons. The highest BCUT2D eigenvalue weighted by Gasteiger charge is 2.16. The summed E-state index contributed by atoms with van der Waals surface area (Å²) in [5, 5.41) is 4.41. The third-order valence-corrected chi connectivity index (χ3v) is 3.54. The largest absolute Gasteiger partial charge is 0.351 e. The lowest BCUT2D eigenvalue weighted by molar-refractivity contribution is 0.523. The van der Waals surface area contributed by atoms with E-state index in [9.17, 15) is 4.79 Å². The first kappa shape index (κ1) is 11.2. The number of aromatic nitrogens is 4. The van der Waals surface area contributed by atoms with Gasteiger partial charge in [0.05, 0.1) is 23.3 Å². The number of benzene rings is 1. The van der Waals surface area contributed by atoms with E-state index in [0.717, 1.165) is 17.5 Å². The van der Waals surface area contributed by atoms with Crippen molar-refractivity contribution in [1.82, 2.24) is 19.2 Å². The SMILES string of the molecule is O=c1n(C2C=CC=CC2)nc2cnc3ccccc3n12. The average molecular weight is 264 g/mol. The molecule has 5 nitrogen and oxygen atoms in total. The van der Waals surface area contributed by atoms with Crippen LogP contribution in [0.5, 0.6) is 0 Å². The van der Waals surface area contributed by atoms with Crippen LogP contribution in [0.15, 0.2) is 59.6 Å². The molecule has 20 heavy (non-hydrogen) atoms. The van der Waals surface area contributed by atoms with Crippen LogP contribution in [0.25, 0.3) is 16.7 Å². The van der Waals surface area contributed by atoms with E-state index in [4.69, 9.17) is 0 Å². The molecule has 0 N–H and O–H groups in total. The minimum Gasteiger partial charge on any atom is -0.251 e. The Hall–Kier alpha value is -2.69. The van der Waals surface area contributed by atoms with Crippen LogP contribution in [0.4, 0.5) is 0 Å². The number of para-hydroxylation sites is 2. The maximum atomic E-state index is 12.6. The van der Waals surface area contributed by atoms with Crippen LogP contribution in [-0.2, 0) is 0 Å². The quantitative estimate of drug-likeness (QED) is 0.676. The van der Waals surface area contributed by atoms with Crippen LogP contribution < -0.4 is 5.69 Å². The van der Waals surface area contributed by atoms with Gasteiger partial charge in [-0.2, -0.15) is 0 Å². The van der Waals surface area contributed by atoms with Crippen molar-refractivity contribution in [2.24, 2.45) is 0 Å². The number of nitrogens with zero attached hydrogens (tertiary/aromatic N) is 4. The van der Waals surface area contributed by atoms with Gasteiger partial charge in [0.1, 0.15) is 0 Å². The normalized spacial score (nSPS) is 18.1. The van der Waals surface area contributed by atoms with Gasteiger partial charge in [0.25, 0.3) is 0 Å². The van der Waals surface area contributed by atoms with Crippen molar-refractivity contribution in [2.45, 2.75) is 12.5 Å². The number of rotatable bonds is 1. The zero-order chi connectivity index (χ0) is 13.5. The molecule has 3 aromatic rings. The number of allylic oxidation sites excluding steroid dienone is 4. The topological polar surface area (TPSA) is 52.2 Å². The third-order valence-electron chi connectivity index (χ3n) is 3.54. The Bertz CT molecular complexity index is 916. The Balaban J connectivity index is 2.03. The van der Waals surface area contributed by atoms with Crippen molar-refractivity contribution in [3.05, 3.63) is 65.3 Å². The van der Waals surface area contributed by atoms with Crippen molar-refractivity contribution in [1.29, 1.82) is 0 Å². The van der Waals surface area contributed by atoms with E-state index in [-0.39, 0.29) is 11.7 Å². The zero-order valence-corrected chi connectivity index (χ0v) is 10.7. The fourth-order valence-electron chi connectivity index (χ4n) is 2.56. The molecule has 1 aromatic carbocycles. The van der Waals surface area contributed by atoms with Gasteiger partial charge in [0, 0.05) is 0 Å². The molecule has 0 amide bonds. The second-order valence-corrected chi connectivity index (χ2v) is 4.78. The van der Waals surface area contributed by atoms with Crippen LogP contribution in [-0.4, -0.2) is 19.2 Å². The van der Waals surface area contributed by atoms with Crippen molar-refractivity contribution < 1.29 is 0 Å². The van der Waals surface area contributed by atoms with Crippen molar-refractivity contribution in [3.8, 4) is 0 Å². The van der Waals surface area contributed by atoms with Crippen LogP contribution in [0.3, 0.4) is 0 Å². The van der Waals surface area contributed by atoms with Crippen molar-refractivity contribution >= 4 is 16.7 Å².